The number of hydrogen-bond acceptors (Lipinski definition) is 2. The van der Waals surface area contributed by atoms with Crippen LogP contribution in [-0.4, -0.2) is 20.1 Å². The molecule has 3 rings (SSSR count). The Kier molecular flexibility index (Phi) is 8.30. The fraction of sp³-hybridized carbons (Fsp3) is 0.462. The lowest BCUT2D eigenvalue weighted by molar-refractivity contribution is 0.296. The maximum Gasteiger partial charge on any atom is 0.0410 e. The largest absolute Gasteiger partial charge is 0.388 e. The second kappa shape index (κ2) is 10.7. The summed E-state index contributed by atoms with van der Waals surface area (Å²) in [6.45, 7) is 6.44. The molecule has 0 atom stereocenters. The Morgan fingerprint density at radius 1 is 1.07 bits per heavy atom. The number of halogens is 2. The van der Waals surface area contributed by atoms with Crippen molar-refractivity contribution in [1.82, 2.24) is 0 Å². The molecule has 0 aliphatic heterocycles. The van der Waals surface area contributed by atoms with Crippen molar-refractivity contribution in [3.8, 4) is 0 Å². The van der Waals surface area contributed by atoms with Crippen molar-refractivity contribution in [1.29, 1.82) is 0 Å². The fourth-order valence-electron chi connectivity index (χ4n) is 4.83. The van der Waals surface area contributed by atoms with Crippen molar-refractivity contribution >= 4 is 45.0 Å². The molecule has 4 heteroatoms. The van der Waals surface area contributed by atoms with Gasteiger partial charge in [-0.2, -0.15) is 0 Å². The summed E-state index contributed by atoms with van der Waals surface area (Å²) in [4.78, 5) is 2.37. The summed E-state index contributed by atoms with van der Waals surface area (Å²) in [5.41, 5.74) is 5.24. The van der Waals surface area contributed by atoms with Gasteiger partial charge in [0.1, 0.15) is 0 Å². The van der Waals surface area contributed by atoms with Gasteiger partial charge in [0.2, 0.25) is 0 Å². The highest BCUT2D eigenvalue weighted by atomic mass is 79.9. The summed E-state index contributed by atoms with van der Waals surface area (Å²) in [6.07, 6.45) is 12.0. The van der Waals surface area contributed by atoms with Crippen LogP contribution in [0.25, 0.3) is 6.08 Å². The first-order chi connectivity index (χ1) is 14.5. The van der Waals surface area contributed by atoms with Crippen molar-refractivity contribution in [3.05, 3.63) is 63.1 Å². The highest BCUT2D eigenvalue weighted by Crippen LogP contribution is 2.46. The van der Waals surface area contributed by atoms with Gasteiger partial charge in [0, 0.05) is 46.4 Å². The van der Waals surface area contributed by atoms with Gasteiger partial charge in [-0.1, -0.05) is 65.0 Å². The van der Waals surface area contributed by atoms with E-state index in [0.717, 1.165) is 29.0 Å². The molecule has 0 unspecified atom stereocenters. The lowest BCUT2D eigenvalue weighted by Crippen LogP contribution is -2.29. The third-order valence-corrected chi connectivity index (χ3v) is 7.47. The molecule has 0 aromatic heterocycles. The minimum atomic E-state index is 0.158. The molecule has 1 saturated carbocycles. The van der Waals surface area contributed by atoms with E-state index in [0.29, 0.717) is 0 Å². The van der Waals surface area contributed by atoms with Gasteiger partial charge >= 0.3 is 0 Å². The molecule has 0 amide bonds. The summed E-state index contributed by atoms with van der Waals surface area (Å²) in [6, 6.07) is 13.0. The smallest absolute Gasteiger partial charge is 0.0410 e. The molecular weight excluding hydrogens is 456 g/mol. The predicted octanol–water partition coefficient (Wildman–Crippen LogP) is 8.30. The summed E-state index contributed by atoms with van der Waals surface area (Å²) < 4.78 is 1.15. The zero-order valence-corrected chi connectivity index (χ0v) is 20.8. The Morgan fingerprint density at radius 3 is 2.43 bits per heavy atom. The second-order valence-electron chi connectivity index (χ2n) is 8.27. The first kappa shape index (κ1) is 23.2. The highest BCUT2D eigenvalue weighted by Gasteiger charge is 2.34. The molecule has 162 valence electrons. The van der Waals surface area contributed by atoms with E-state index in [9.17, 15) is 0 Å². The summed E-state index contributed by atoms with van der Waals surface area (Å²) in [7, 11) is 2.01. The third kappa shape index (κ3) is 5.23. The van der Waals surface area contributed by atoms with Crippen LogP contribution in [0.4, 0.5) is 11.4 Å². The lowest BCUT2D eigenvalue weighted by atomic mass is 9.67. The van der Waals surface area contributed by atoms with Crippen molar-refractivity contribution in [2.24, 2.45) is 0 Å². The molecule has 1 aliphatic carbocycles. The normalized spacial score (nSPS) is 16.0. The second-order valence-corrected chi connectivity index (χ2v) is 9.56. The van der Waals surface area contributed by atoms with Crippen molar-refractivity contribution in [2.75, 3.05) is 30.4 Å². The van der Waals surface area contributed by atoms with Crippen molar-refractivity contribution < 1.29 is 0 Å². The van der Waals surface area contributed by atoms with Gasteiger partial charge in [0.25, 0.3) is 0 Å². The Hall–Kier alpha value is -1.45. The molecule has 2 aromatic carbocycles. The first-order valence-corrected chi connectivity index (χ1v) is 12.4. The van der Waals surface area contributed by atoms with Crippen LogP contribution in [0.2, 0.25) is 5.02 Å². The standard InChI is InChI=1S/C26H34BrClN2/c1-4-30(5-2)22-13-11-20(24(27)19-22)10-9-17-26(15-7-6-8-16-26)23-18-21(28)12-14-25(23)29-3/h9-14,18-19,29H,4-8,15-17H2,1-3H3/b10-9+. The average Bonchev–Trinajstić information content (AvgIpc) is 2.76. The van der Waals surface area contributed by atoms with E-state index in [-0.39, 0.29) is 5.41 Å². The molecule has 0 heterocycles. The highest BCUT2D eigenvalue weighted by molar-refractivity contribution is 9.10. The average molecular weight is 490 g/mol. The number of rotatable bonds is 8. The van der Waals surface area contributed by atoms with E-state index in [1.807, 2.05) is 13.1 Å². The third-order valence-electron chi connectivity index (χ3n) is 6.55. The van der Waals surface area contributed by atoms with E-state index in [4.69, 9.17) is 11.6 Å². The van der Waals surface area contributed by atoms with Gasteiger partial charge in [-0.15, -0.1) is 0 Å². The van der Waals surface area contributed by atoms with E-state index < -0.39 is 0 Å². The van der Waals surface area contributed by atoms with Crippen LogP contribution in [0.15, 0.2) is 46.9 Å². The lowest BCUT2D eigenvalue weighted by Gasteiger charge is -2.38. The number of nitrogens with zero attached hydrogens (tertiary/aromatic N) is 1. The van der Waals surface area contributed by atoms with Crippen LogP contribution in [0, 0.1) is 0 Å². The van der Waals surface area contributed by atoms with Gasteiger partial charge in [-0.25, -0.2) is 0 Å². The van der Waals surface area contributed by atoms with Crippen molar-refractivity contribution in [3.63, 3.8) is 0 Å². The number of nitrogens with one attached hydrogen (secondary N) is 1. The van der Waals surface area contributed by atoms with Crippen LogP contribution < -0.4 is 10.2 Å². The molecular formula is C26H34BrClN2. The maximum atomic E-state index is 6.41. The topological polar surface area (TPSA) is 15.3 Å². The summed E-state index contributed by atoms with van der Waals surface area (Å²) >= 11 is 10.2. The molecule has 0 spiro atoms. The molecule has 30 heavy (non-hydrogen) atoms. The van der Waals surface area contributed by atoms with E-state index in [2.05, 4.69) is 82.5 Å². The number of benzene rings is 2. The molecule has 0 saturated heterocycles. The number of allylic oxidation sites excluding steroid dienone is 1. The summed E-state index contributed by atoms with van der Waals surface area (Å²) in [5.74, 6) is 0. The van der Waals surface area contributed by atoms with Gasteiger partial charge in [-0.05, 0) is 74.6 Å². The van der Waals surface area contributed by atoms with Crippen LogP contribution in [-0.2, 0) is 5.41 Å². The quantitative estimate of drug-likeness (QED) is 0.401. The molecule has 0 radical (unpaired) electrons. The first-order valence-electron chi connectivity index (χ1n) is 11.2. The number of anilines is 2. The molecule has 2 nitrogen and oxygen atoms in total. The molecule has 1 aliphatic rings. The Bertz CT molecular complexity index is 867. The van der Waals surface area contributed by atoms with E-state index in [1.165, 1.54) is 54.6 Å². The Morgan fingerprint density at radius 2 is 1.80 bits per heavy atom. The van der Waals surface area contributed by atoms with E-state index in [1.54, 1.807) is 0 Å². The van der Waals surface area contributed by atoms with Crippen LogP contribution in [0.5, 0.6) is 0 Å². The minimum absolute atomic E-state index is 0.158. The predicted molar refractivity (Wildman–Crippen MR) is 137 cm³/mol. The molecule has 1 N–H and O–H groups in total. The molecule has 2 aromatic rings. The SMILES string of the molecule is CCN(CC)c1ccc(/C=C/CC2(c3cc(Cl)ccc3NC)CCCCC2)c(Br)c1. The fourth-order valence-corrected chi connectivity index (χ4v) is 5.50. The van der Waals surface area contributed by atoms with Crippen molar-refractivity contribution in [2.45, 2.75) is 57.8 Å². The van der Waals surface area contributed by atoms with Gasteiger partial charge < -0.3 is 10.2 Å². The van der Waals surface area contributed by atoms with Gasteiger partial charge in [-0.3, -0.25) is 0 Å². The maximum absolute atomic E-state index is 6.41. The van der Waals surface area contributed by atoms with Gasteiger partial charge in [0.05, 0.1) is 0 Å². The van der Waals surface area contributed by atoms with Crippen LogP contribution in [0.3, 0.4) is 0 Å². The van der Waals surface area contributed by atoms with Crippen LogP contribution in [0.1, 0.15) is 63.5 Å². The number of hydrogen-bond donors (Lipinski definition) is 1. The monoisotopic (exact) mass is 488 g/mol. The Balaban J connectivity index is 1.85. The zero-order valence-electron chi connectivity index (χ0n) is 18.5. The van der Waals surface area contributed by atoms with Gasteiger partial charge in [0.15, 0.2) is 0 Å². The van der Waals surface area contributed by atoms with E-state index >= 15 is 0 Å². The molecule has 1 fully saturated rings. The van der Waals surface area contributed by atoms with Crippen LogP contribution >= 0.6 is 27.5 Å². The summed E-state index contributed by atoms with van der Waals surface area (Å²) in [5, 5.41) is 4.22. The molecule has 0 bridgehead atoms. The zero-order chi connectivity index (χ0) is 21.6. The minimum Gasteiger partial charge on any atom is -0.388 e. The Labute approximate surface area is 195 Å².